The van der Waals surface area contributed by atoms with Crippen molar-refractivity contribution in [1.82, 2.24) is 15.1 Å². The van der Waals surface area contributed by atoms with Crippen molar-refractivity contribution in [2.75, 3.05) is 6.54 Å². The summed E-state index contributed by atoms with van der Waals surface area (Å²) in [4.78, 5) is 14.1. The number of aryl methyl sites for hydroxylation is 1. The zero-order chi connectivity index (χ0) is 17.3. The monoisotopic (exact) mass is 329 g/mol. The van der Waals surface area contributed by atoms with Gasteiger partial charge in [0.05, 0.1) is 0 Å². The summed E-state index contributed by atoms with van der Waals surface area (Å²) in [5, 5.41) is 8.31. The third-order valence-corrected chi connectivity index (χ3v) is 3.87. The lowest BCUT2D eigenvalue weighted by molar-refractivity contribution is 0.0204. The molecule has 0 aliphatic carbocycles. The smallest absolute Gasteiger partial charge is 0.410 e. The zero-order valence-corrected chi connectivity index (χ0v) is 14.6. The Morgan fingerprint density at radius 1 is 1.33 bits per heavy atom. The van der Waals surface area contributed by atoms with E-state index < -0.39 is 5.60 Å². The highest BCUT2D eigenvalue weighted by atomic mass is 16.6. The van der Waals surface area contributed by atoms with Crippen molar-refractivity contribution in [3.05, 3.63) is 35.7 Å². The second-order valence-electron chi connectivity index (χ2n) is 7.15. The molecule has 1 aromatic heterocycles. The number of carbonyl (C=O) groups is 1. The van der Waals surface area contributed by atoms with Gasteiger partial charge in [-0.3, -0.25) is 4.90 Å². The molecule has 1 atom stereocenters. The molecule has 2 aromatic rings. The lowest BCUT2D eigenvalue weighted by Gasteiger charge is -2.27. The largest absolute Gasteiger partial charge is 0.444 e. The molecule has 24 heavy (non-hydrogen) atoms. The molecule has 0 unspecified atom stereocenters. The third-order valence-electron chi connectivity index (χ3n) is 3.87. The van der Waals surface area contributed by atoms with E-state index in [1.807, 2.05) is 52.0 Å². The first-order valence-corrected chi connectivity index (χ1v) is 8.23. The molecule has 2 heterocycles. The molecule has 6 nitrogen and oxygen atoms in total. The SMILES string of the molecule is Cc1cccc(-c2nnc([C@@H]3CCCN3C(=O)OC(C)(C)C)o2)c1. The number of nitrogens with zero attached hydrogens (tertiary/aromatic N) is 3. The van der Waals surface area contributed by atoms with Crippen LogP contribution in [-0.4, -0.2) is 33.3 Å². The summed E-state index contributed by atoms with van der Waals surface area (Å²) < 4.78 is 11.3. The van der Waals surface area contributed by atoms with Crippen molar-refractivity contribution in [2.45, 2.75) is 52.2 Å². The van der Waals surface area contributed by atoms with Gasteiger partial charge in [-0.05, 0) is 52.7 Å². The van der Waals surface area contributed by atoms with E-state index in [0.717, 1.165) is 24.0 Å². The van der Waals surface area contributed by atoms with Gasteiger partial charge in [-0.1, -0.05) is 17.7 Å². The predicted octanol–water partition coefficient (Wildman–Crippen LogP) is 4.12. The molecule has 1 saturated heterocycles. The molecule has 1 aliphatic heterocycles. The van der Waals surface area contributed by atoms with Gasteiger partial charge < -0.3 is 9.15 Å². The Labute approximate surface area is 141 Å². The Morgan fingerprint density at radius 3 is 2.83 bits per heavy atom. The first kappa shape index (κ1) is 16.5. The van der Waals surface area contributed by atoms with Crippen molar-refractivity contribution in [2.24, 2.45) is 0 Å². The van der Waals surface area contributed by atoms with Gasteiger partial charge >= 0.3 is 6.09 Å². The molecule has 0 saturated carbocycles. The summed E-state index contributed by atoms with van der Waals surface area (Å²) in [6, 6.07) is 7.69. The minimum absolute atomic E-state index is 0.217. The number of amides is 1. The maximum Gasteiger partial charge on any atom is 0.410 e. The number of benzene rings is 1. The van der Waals surface area contributed by atoms with Crippen LogP contribution < -0.4 is 0 Å². The van der Waals surface area contributed by atoms with Crippen LogP contribution in [0.1, 0.15) is 51.1 Å². The maximum absolute atomic E-state index is 12.4. The van der Waals surface area contributed by atoms with E-state index in [4.69, 9.17) is 9.15 Å². The van der Waals surface area contributed by atoms with E-state index in [-0.39, 0.29) is 12.1 Å². The summed E-state index contributed by atoms with van der Waals surface area (Å²) in [7, 11) is 0. The Hall–Kier alpha value is -2.37. The molecule has 3 rings (SSSR count). The van der Waals surface area contributed by atoms with Crippen LogP contribution in [0.25, 0.3) is 11.5 Å². The number of hydrogen-bond acceptors (Lipinski definition) is 5. The normalized spacial score (nSPS) is 18.0. The fraction of sp³-hybridized carbons (Fsp3) is 0.500. The van der Waals surface area contributed by atoms with Crippen LogP contribution in [0.4, 0.5) is 4.79 Å². The Bertz CT molecular complexity index is 733. The Kier molecular flexibility index (Phi) is 4.30. The standard InChI is InChI=1S/C18H23N3O3/c1-12-7-5-8-13(11-12)15-19-20-16(23-15)14-9-6-10-21(14)17(22)24-18(2,3)4/h5,7-8,11,14H,6,9-10H2,1-4H3/t14-/m0/s1. The predicted molar refractivity (Wildman–Crippen MR) is 89.4 cm³/mol. The van der Waals surface area contributed by atoms with Gasteiger partial charge in [0.1, 0.15) is 11.6 Å². The highest BCUT2D eigenvalue weighted by Crippen LogP contribution is 2.33. The number of likely N-dealkylation sites (tertiary alicyclic amines) is 1. The van der Waals surface area contributed by atoms with Crippen LogP contribution in [0.2, 0.25) is 0 Å². The van der Waals surface area contributed by atoms with Crippen molar-refractivity contribution >= 4 is 6.09 Å². The number of ether oxygens (including phenoxy) is 1. The summed E-state index contributed by atoms with van der Waals surface area (Å²) in [6.45, 7) is 8.24. The first-order chi connectivity index (χ1) is 11.3. The van der Waals surface area contributed by atoms with Gasteiger partial charge in [0.15, 0.2) is 0 Å². The van der Waals surface area contributed by atoms with Crippen molar-refractivity contribution in [1.29, 1.82) is 0 Å². The maximum atomic E-state index is 12.4. The number of carbonyl (C=O) groups excluding carboxylic acids is 1. The molecule has 1 fully saturated rings. The molecule has 1 amide bonds. The number of rotatable bonds is 2. The van der Waals surface area contributed by atoms with E-state index in [1.54, 1.807) is 4.90 Å². The van der Waals surface area contributed by atoms with Crippen LogP contribution in [-0.2, 0) is 4.74 Å². The molecule has 0 N–H and O–H groups in total. The van der Waals surface area contributed by atoms with Crippen LogP contribution in [0.3, 0.4) is 0 Å². The average Bonchev–Trinajstić information content (AvgIpc) is 3.14. The Morgan fingerprint density at radius 2 is 2.12 bits per heavy atom. The van der Waals surface area contributed by atoms with Gasteiger partial charge in [-0.25, -0.2) is 4.79 Å². The van der Waals surface area contributed by atoms with Gasteiger partial charge in [-0.15, -0.1) is 10.2 Å². The molecule has 0 bridgehead atoms. The van der Waals surface area contributed by atoms with Gasteiger partial charge in [0, 0.05) is 12.1 Å². The minimum Gasteiger partial charge on any atom is -0.444 e. The number of hydrogen-bond donors (Lipinski definition) is 0. The highest BCUT2D eigenvalue weighted by Gasteiger charge is 2.36. The van der Waals surface area contributed by atoms with E-state index in [2.05, 4.69) is 10.2 Å². The summed E-state index contributed by atoms with van der Waals surface area (Å²) in [5.41, 5.74) is 1.49. The van der Waals surface area contributed by atoms with Crippen molar-refractivity contribution in [3.63, 3.8) is 0 Å². The molecule has 0 spiro atoms. The molecule has 6 heteroatoms. The van der Waals surface area contributed by atoms with Crippen molar-refractivity contribution in [3.8, 4) is 11.5 Å². The van der Waals surface area contributed by atoms with Gasteiger partial charge in [0.2, 0.25) is 11.8 Å². The quantitative estimate of drug-likeness (QED) is 0.829. The third kappa shape index (κ3) is 3.58. The second kappa shape index (κ2) is 6.26. The summed E-state index contributed by atoms with van der Waals surface area (Å²) >= 11 is 0. The summed E-state index contributed by atoms with van der Waals surface area (Å²) in [5.74, 6) is 0.944. The lowest BCUT2D eigenvalue weighted by Crippen LogP contribution is -2.36. The molecular weight excluding hydrogens is 306 g/mol. The van der Waals surface area contributed by atoms with Crippen LogP contribution >= 0.6 is 0 Å². The van der Waals surface area contributed by atoms with Crippen molar-refractivity contribution < 1.29 is 13.9 Å². The minimum atomic E-state index is -0.522. The number of aromatic nitrogens is 2. The van der Waals surface area contributed by atoms with Gasteiger partial charge in [0.25, 0.3) is 0 Å². The van der Waals surface area contributed by atoms with Crippen LogP contribution in [0.5, 0.6) is 0 Å². The second-order valence-corrected chi connectivity index (χ2v) is 7.15. The molecular formula is C18H23N3O3. The van der Waals surface area contributed by atoms with Gasteiger partial charge in [-0.2, -0.15) is 0 Å². The van der Waals surface area contributed by atoms with Crippen LogP contribution in [0, 0.1) is 6.92 Å². The fourth-order valence-corrected chi connectivity index (χ4v) is 2.83. The molecule has 1 aromatic carbocycles. The van der Waals surface area contributed by atoms with Crippen LogP contribution in [0.15, 0.2) is 28.7 Å². The average molecular weight is 329 g/mol. The molecule has 128 valence electrons. The zero-order valence-electron chi connectivity index (χ0n) is 14.6. The van der Waals surface area contributed by atoms with E-state index in [9.17, 15) is 4.79 Å². The topological polar surface area (TPSA) is 68.5 Å². The summed E-state index contributed by atoms with van der Waals surface area (Å²) in [6.07, 6.45) is 1.36. The lowest BCUT2D eigenvalue weighted by atomic mass is 10.1. The van der Waals surface area contributed by atoms with E-state index in [1.165, 1.54) is 0 Å². The highest BCUT2D eigenvalue weighted by molar-refractivity contribution is 5.69. The Balaban J connectivity index is 1.80. The van der Waals surface area contributed by atoms with E-state index in [0.29, 0.717) is 18.3 Å². The van der Waals surface area contributed by atoms with E-state index >= 15 is 0 Å². The fourth-order valence-electron chi connectivity index (χ4n) is 2.83. The first-order valence-electron chi connectivity index (χ1n) is 8.23. The molecule has 1 aliphatic rings. The molecule has 0 radical (unpaired) electrons.